The van der Waals surface area contributed by atoms with Gasteiger partial charge in [0.15, 0.2) is 5.82 Å². The predicted octanol–water partition coefficient (Wildman–Crippen LogP) is 3.63. The van der Waals surface area contributed by atoms with Gasteiger partial charge in [-0.3, -0.25) is 0 Å². The van der Waals surface area contributed by atoms with E-state index in [0.717, 1.165) is 35.3 Å². The first kappa shape index (κ1) is 12.5. The van der Waals surface area contributed by atoms with E-state index in [0.29, 0.717) is 0 Å². The molecule has 0 saturated heterocycles. The molecular weight excluding hydrogens is 254 g/mol. The van der Waals surface area contributed by atoms with Crippen molar-refractivity contribution in [3.05, 3.63) is 41.1 Å². The molecule has 1 aromatic carbocycles. The Labute approximate surface area is 117 Å². The number of hydrogen-bond acceptors (Lipinski definition) is 4. The van der Waals surface area contributed by atoms with E-state index in [1.54, 1.807) is 0 Å². The van der Waals surface area contributed by atoms with Gasteiger partial charge in [-0.2, -0.15) is 11.8 Å². The summed E-state index contributed by atoms with van der Waals surface area (Å²) < 4.78 is 0. The SMILES string of the molecule is CCNc1nc(-c2ccc(C)cc2)nc2c1CSC2. The highest BCUT2D eigenvalue weighted by atomic mass is 32.2. The second-order valence-electron chi connectivity index (χ2n) is 4.71. The number of anilines is 1. The third kappa shape index (κ3) is 2.45. The molecule has 0 aliphatic carbocycles. The zero-order valence-electron chi connectivity index (χ0n) is 11.2. The number of benzene rings is 1. The van der Waals surface area contributed by atoms with E-state index < -0.39 is 0 Å². The number of aryl methyl sites for hydroxylation is 1. The molecule has 0 radical (unpaired) electrons. The minimum absolute atomic E-state index is 0.831. The molecule has 0 fully saturated rings. The number of thioether (sulfide) groups is 1. The summed E-state index contributed by atoms with van der Waals surface area (Å²) in [5, 5.41) is 3.36. The van der Waals surface area contributed by atoms with Crippen molar-refractivity contribution in [3.8, 4) is 11.4 Å². The molecule has 4 heteroatoms. The number of aromatic nitrogens is 2. The fraction of sp³-hybridized carbons (Fsp3) is 0.333. The van der Waals surface area contributed by atoms with Crippen LogP contribution in [-0.2, 0) is 11.5 Å². The molecule has 2 heterocycles. The number of hydrogen-bond donors (Lipinski definition) is 1. The third-order valence-electron chi connectivity index (χ3n) is 3.23. The van der Waals surface area contributed by atoms with Gasteiger partial charge in [-0.25, -0.2) is 9.97 Å². The largest absolute Gasteiger partial charge is 0.370 e. The Morgan fingerprint density at radius 2 is 1.95 bits per heavy atom. The van der Waals surface area contributed by atoms with Crippen LogP contribution in [0.25, 0.3) is 11.4 Å². The molecule has 1 aromatic heterocycles. The Morgan fingerprint density at radius 1 is 1.16 bits per heavy atom. The molecule has 0 atom stereocenters. The monoisotopic (exact) mass is 271 g/mol. The highest BCUT2D eigenvalue weighted by Gasteiger charge is 2.19. The Bertz CT molecular complexity index is 593. The van der Waals surface area contributed by atoms with Crippen LogP contribution in [0.3, 0.4) is 0 Å². The maximum atomic E-state index is 4.72. The van der Waals surface area contributed by atoms with Gasteiger partial charge >= 0.3 is 0 Å². The normalized spacial score (nSPS) is 13.4. The van der Waals surface area contributed by atoms with Crippen LogP contribution >= 0.6 is 11.8 Å². The first-order chi connectivity index (χ1) is 9.28. The summed E-state index contributed by atoms with van der Waals surface area (Å²) in [6.45, 7) is 5.08. The summed E-state index contributed by atoms with van der Waals surface area (Å²) in [7, 11) is 0. The van der Waals surface area contributed by atoms with Gasteiger partial charge in [-0.1, -0.05) is 29.8 Å². The highest BCUT2D eigenvalue weighted by Crippen LogP contribution is 2.34. The van der Waals surface area contributed by atoms with Gasteiger partial charge in [-0.05, 0) is 13.8 Å². The Balaban J connectivity index is 2.07. The van der Waals surface area contributed by atoms with Gasteiger partial charge in [0, 0.05) is 29.2 Å². The van der Waals surface area contributed by atoms with E-state index in [9.17, 15) is 0 Å². The number of fused-ring (bicyclic) bond motifs is 1. The molecule has 1 N–H and O–H groups in total. The third-order valence-corrected chi connectivity index (χ3v) is 4.20. The van der Waals surface area contributed by atoms with Crippen LogP contribution in [0.2, 0.25) is 0 Å². The molecular formula is C15H17N3S. The van der Waals surface area contributed by atoms with E-state index in [2.05, 4.69) is 43.4 Å². The maximum absolute atomic E-state index is 4.72. The van der Waals surface area contributed by atoms with Crippen LogP contribution in [-0.4, -0.2) is 16.5 Å². The van der Waals surface area contributed by atoms with Gasteiger partial charge in [-0.15, -0.1) is 0 Å². The standard InChI is InChI=1S/C15H17N3S/c1-3-16-15-12-8-19-9-13(12)17-14(18-15)11-6-4-10(2)5-7-11/h4-7H,3,8-9H2,1-2H3,(H,16,17,18). The number of nitrogens with one attached hydrogen (secondary N) is 1. The minimum atomic E-state index is 0.831. The van der Waals surface area contributed by atoms with Gasteiger partial charge in [0.05, 0.1) is 5.69 Å². The lowest BCUT2D eigenvalue weighted by Gasteiger charge is -2.10. The molecule has 0 spiro atoms. The fourth-order valence-corrected chi connectivity index (χ4v) is 3.24. The van der Waals surface area contributed by atoms with Crippen LogP contribution in [0.5, 0.6) is 0 Å². The molecule has 0 saturated carbocycles. The second-order valence-corrected chi connectivity index (χ2v) is 5.70. The smallest absolute Gasteiger partial charge is 0.161 e. The summed E-state index contributed by atoms with van der Waals surface area (Å²) >= 11 is 1.91. The predicted molar refractivity (Wildman–Crippen MR) is 81.4 cm³/mol. The van der Waals surface area contributed by atoms with Gasteiger partial charge in [0.1, 0.15) is 5.82 Å². The van der Waals surface area contributed by atoms with E-state index >= 15 is 0 Å². The van der Waals surface area contributed by atoms with E-state index in [4.69, 9.17) is 9.97 Å². The second kappa shape index (κ2) is 5.21. The average molecular weight is 271 g/mol. The lowest BCUT2D eigenvalue weighted by atomic mass is 10.1. The van der Waals surface area contributed by atoms with E-state index in [-0.39, 0.29) is 0 Å². The zero-order valence-corrected chi connectivity index (χ0v) is 12.0. The molecule has 0 amide bonds. The zero-order chi connectivity index (χ0) is 13.2. The molecule has 1 aliphatic heterocycles. The summed E-state index contributed by atoms with van der Waals surface area (Å²) in [5.41, 5.74) is 4.81. The van der Waals surface area contributed by atoms with Crippen LogP contribution in [0.1, 0.15) is 23.7 Å². The van der Waals surface area contributed by atoms with Crippen molar-refractivity contribution in [1.29, 1.82) is 0 Å². The highest BCUT2D eigenvalue weighted by molar-refractivity contribution is 7.98. The lowest BCUT2D eigenvalue weighted by molar-refractivity contribution is 1.05. The molecule has 98 valence electrons. The maximum Gasteiger partial charge on any atom is 0.161 e. The van der Waals surface area contributed by atoms with Crippen molar-refractivity contribution in [3.63, 3.8) is 0 Å². The first-order valence-corrected chi connectivity index (χ1v) is 7.72. The van der Waals surface area contributed by atoms with Gasteiger partial charge in [0.25, 0.3) is 0 Å². The molecule has 0 bridgehead atoms. The molecule has 3 rings (SSSR count). The van der Waals surface area contributed by atoms with Crippen LogP contribution in [0, 0.1) is 6.92 Å². The van der Waals surface area contributed by atoms with E-state index in [1.807, 2.05) is 11.8 Å². The Kier molecular flexibility index (Phi) is 3.42. The fourth-order valence-electron chi connectivity index (χ4n) is 2.20. The van der Waals surface area contributed by atoms with Crippen LogP contribution in [0.15, 0.2) is 24.3 Å². The molecule has 0 unspecified atom stereocenters. The van der Waals surface area contributed by atoms with Crippen LogP contribution in [0.4, 0.5) is 5.82 Å². The van der Waals surface area contributed by atoms with Gasteiger partial charge in [0.2, 0.25) is 0 Å². The summed E-state index contributed by atoms with van der Waals surface area (Å²) in [5.74, 6) is 3.85. The summed E-state index contributed by atoms with van der Waals surface area (Å²) in [4.78, 5) is 9.42. The van der Waals surface area contributed by atoms with E-state index in [1.165, 1.54) is 16.8 Å². The van der Waals surface area contributed by atoms with Crippen molar-refractivity contribution in [2.24, 2.45) is 0 Å². The first-order valence-electron chi connectivity index (χ1n) is 6.56. The van der Waals surface area contributed by atoms with Crippen molar-refractivity contribution >= 4 is 17.6 Å². The summed E-state index contributed by atoms with van der Waals surface area (Å²) in [6.07, 6.45) is 0. The average Bonchev–Trinajstić information content (AvgIpc) is 2.88. The topological polar surface area (TPSA) is 37.8 Å². The minimum Gasteiger partial charge on any atom is -0.370 e. The molecule has 1 aliphatic rings. The lowest BCUT2D eigenvalue weighted by Crippen LogP contribution is -2.06. The molecule has 3 nitrogen and oxygen atoms in total. The van der Waals surface area contributed by atoms with Crippen molar-refractivity contribution in [2.75, 3.05) is 11.9 Å². The van der Waals surface area contributed by atoms with Crippen LogP contribution < -0.4 is 5.32 Å². The number of rotatable bonds is 3. The van der Waals surface area contributed by atoms with Crippen molar-refractivity contribution < 1.29 is 0 Å². The Morgan fingerprint density at radius 3 is 2.68 bits per heavy atom. The number of nitrogens with zero attached hydrogens (tertiary/aromatic N) is 2. The Hall–Kier alpha value is -1.55. The molecule has 19 heavy (non-hydrogen) atoms. The van der Waals surface area contributed by atoms with Crippen molar-refractivity contribution in [1.82, 2.24) is 9.97 Å². The quantitative estimate of drug-likeness (QED) is 0.925. The molecule has 2 aromatic rings. The van der Waals surface area contributed by atoms with Crippen molar-refractivity contribution in [2.45, 2.75) is 25.4 Å². The summed E-state index contributed by atoms with van der Waals surface area (Å²) in [6, 6.07) is 8.39. The van der Waals surface area contributed by atoms with Gasteiger partial charge < -0.3 is 5.32 Å².